The van der Waals surface area contributed by atoms with Crippen molar-refractivity contribution in [2.24, 2.45) is 5.41 Å². The summed E-state index contributed by atoms with van der Waals surface area (Å²) in [6.45, 7) is 3.50. The molecule has 21 heavy (non-hydrogen) atoms. The number of hydrogen-bond acceptors (Lipinski definition) is 2. The average Bonchev–Trinajstić information content (AvgIpc) is 2.63. The highest BCUT2D eigenvalue weighted by Crippen LogP contribution is 2.40. The van der Waals surface area contributed by atoms with Crippen molar-refractivity contribution in [1.82, 2.24) is 0 Å². The molecule has 0 saturated heterocycles. The lowest BCUT2D eigenvalue weighted by atomic mass is 9.82. The summed E-state index contributed by atoms with van der Waals surface area (Å²) < 4.78 is 5.48. The molecule has 1 N–H and O–H groups in total. The molecule has 0 atom stereocenters. The van der Waals surface area contributed by atoms with E-state index in [1.165, 1.54) is 17.5 Å². The molecule has 2 rings (SSSR count). The van der Waals surface area contributed by atoms with Crippen molar-refractivity contribution in [2.75, 3.05) is 7.11 Å². The van der Waals surface area contributed by atoms with Crippen molar-refractivity contribution < 1.29 is 14.6 Å². The predicted octanol–water partition coefficient (Wildman–Crippen LogP) is 4.27. The van der Waals surface area contributed by atoms with Crippen LogP contribution < -0.4 is 4.74 Å². The van der Waals surface area contributed by atoms with Gasteiger partial charge in [0.15, 0.2) is 0 Å². The van der Waals surface area contributed by atoms with Gasteiger partial charge < -0.3 is 9.84 Å². The van der Waals surface area contributed by atoms with Crippen molar-refractivity contribution in [1.29, 1.82) is 0 Å². The van der Waals surface area contributed by atoms with Gasteiger partial charge in [0.05, 0.1) is 17.5 Å². The molecule has 0 heterocycles. The maximum Gasteiger partial charge on any atom is 0.309 e. The van der Waals surface area contributed by atoms with E-state index < -0.39 is 11.4 Å². The van der Waals surface area contributed by atoms with Crippen molar-refractivity contribution in [3.63, 3.8) is 0 Å². The van der Waals surface area contributed by atoms with Gasteiger partial charge in [0, 0.05) is 5.56 Å². The van der Waals surface area contributed by atoms with E-state index in [9.17, 15) is 9.90 Å². The summed E-state index contributed by atoms with van der Waals surface area (Å²) in [5, 5.41) is 10.0. The number of carboxylic acids is 1. The van der Waals surface area contributed by atoms with E-state index in [1.807, 2.05) is 6.07 Å². The summed E-state index contributed by atoms with van der Waals surface area (Å²) in [7, 11) is 1.60. The molecule has 0 aromatic heterocycles. The number of ether oxygens (including phenoxy) is 1. The van der Waals surface area contributed by atoms with Gasteiger partial charge in [-0.1, -0.05) is 18.0 Å². The van der Waals surface area contributed by atoms with E-state index in [2.05, 4.69) is 0 Å². The number of carbonyl (C=O) groups is 1. The topological polar surface area (TPSA) is 46.5 Å². The molecule has 116 valence electrons. The van der Waals surface area contributed by atoms with E-state index in [0.717, 1.165) is 31.2 Å². The maximum absolute atomic E-state index is 11.5. The summed E-state index contributed by atoms with van der Waals surface area (Å²) in [5.41, 5.74) is 2.66. The molecule has 0 bridgehead atoms. The first-order valence-corrected chi connectivity index (χ1v) is 7.85. The SMILES string of the molecule is COc1c(Cl)cc2c(c1CC(C)(C)C(=O)O)CCCCC2. The van der Waals surface area contributed by atoms with Gasteiger partial charge in [-0.3, -0.25) is 4.79 Å². The second kappa shape index (κ2) is 6.27. The second-order valence-electron chi connectivity index (χ2n) is 6.43. The van der Waals surface area contributed by atoms with Gasteiger partial charge >= 0.3 is 5.97 Å². The Labute approximate surface area is 131 Å². The lowest BCUT2D eigenvalue weighted by Gasteiger charge is -2.24. The molecule has 3 nitrogen and oxygen atoms in total. The standard InChI is InChI=1S/C17H23ClO3/c1-17(2,16(19)20)10-13-12-8-6-4-5-7-11(12)9-14(18)15(13)21-3/h9H,4-8,10H2,1-3H3,(H,19,20). The van der Waals surface area contributed by atoms with Gasteiger partial charge in [-0.15, -0.1) is 0 Å². The van der Waals surface area contributed by atoms with E-state index >= 15 is 0 Å². The number of aliphatic carboxylic acids is 1. The number of halogens is 1. The van der Waals surface area contributed by atoms with Crippen LogP contribution in [-0.4, -0.2) is 18.2 Å². The highest BCUT2D eigenvalue weighted by molar-refractivity contribution is 6.32. The first kappa shape index (κ1) is 16.2. The fourth-order valence-corrected chi connectivity index (χ4v) is 3.36. The number of hydrogen-bond donors (Lipinski definition) is 1. The fourth-order valence-electron chi connectivity index (χ4n) is 3.03. The number of aryl methyl sites for hydroxylation is 1. The Balaban J connectivity index is 2.55. The van der Waals surface area contributed by atoms with Crippen LogP contribution in [0.1, 0.15) is 49.8 Å². The minimum absolute atomic E-state index is 0.439. The van der Waals surface area contributed by atoms with Crippen LogP contribution in [0.3, 0.4) is 0 Å². The largest absolute Gasteiger partial charge is 0.495 e. The fraction of sp³-hybridized carbons (Fsp3) is 0.588. The zero-order valence-electron chi connectivity index (χ0n) is 13.0. The molecule has 0 fully saturated rings. The Morgan fingerprint density at radius 3 is 2.62 bits per heavy atom. The summed E-state index contributed by atoms with van der Waals surface area (Å²) >= 11 is 6.36. The van der Waals surface area contributed by atoms with Crippen molar-refractivity contribution in [3.8, 4) is 5.75 Å². The summed E-state index contributed by atoms with van der Waals surface area (Å²) in [6, 6.07) is 2.00. The lowest BCUT2D eigenvalue weighted by Crippen LogP contribution is -2.27. The molecule has 0 radical (unpaired) electrons. The zero-order chi connectivity index (χ0) is 15.6. The number of benzene rings is 1. The molecule has 0 saturated carbocycles. The Hall–Kier alpha value is -1.22. The molecule has 1 aromatic rings. The third-order valence-corrected chi connectivity index (χ3v) is 4.60. The number of rotatable bonds is 4. The Kier molecular flexibility index (Phi) is 4.82. The Morgan fingerprint density at radius 1 is 1.33 bits per heavy atom. The minimum Gasteiger partial charge on any atom is -0.495 e. The van der Waals surface area contributed by atoms with Crippen LogP contribution in [0.5, 0.6) is 5.75 Å². The normalized spacial score (nSPS) is 15.2. The smallest absolute Gasteiger partial charge is 0.309 e. The number of methoxy groups -OCH3 is 1. The number of carboxylic acid groups (broad SMARTS) is 1. The monoisotopic (exact) mass is 310 g/mol. The molecular formula is C17H23ClO3. The quantitative estimate of drug-likeness (QED) is 0.845. The van der Waals surface area contributed by atoms with E-state index in [4.69, 9.17) is 16.3 Å². The van der Waals surface area contributed by atoms with Gasteiger partial charge in [0.2, 0.25) is 0 Å². The van der Waals surface area contributed by atoms with Gasteiger partial charge in [-0.25, -0.2) is 0 Å². The summed E-state index contributed by atoms with van der Waals surface area (Å²) in [6.07, 6.45) is 5.94. The molecule has 1 aromatic carbocycles. The van der Waals surface area contributed by atoms with E-state index in [0.29, 0.717) is 17.2 Å². The van der Waals surface area contributed by atoms with Crippen LogP contribution >= 0.6 is 11.6 Å². The number of fused-ring (bicyclic) bond motifs is 1. The molecule has 4 heteroatoms. The molecule has 1 aliphatic carbocycles. The Bertz CT molecular complexity index is 549. The minimum atomic E-state index is -0.835. The van der Waals surface area contributed by atoms with Gasteiger partial charge in [-0.2, -0.15) is 0 Å². The molecule has 0 unspecified atom stereocenters. The second-order valence-corrected chi connectivity index (χ2v) is 6.84. The highest BCUT2D eigenvalue weighted by atomic mass is 35.5. The first-order valence-electron chi connectivity index (χ1n) is 7.47. The highest BCUT2D eigenvalue weighted by Gasteiger charge is 2.31. The maximum atomic E-state index is 11.5. The van der Waals surface area contributed by atoms with Crippen molar-refractivity contribution in [2.45, 2.75) is 52.4 Å². The van der Waals surface area contributed by atoms with Crippen LogP contribution in [0.15, 0.2) is 6.07 Å². The van der Waals surface area contributed by atoms with E-state index in [1.54, 1.807) is 21.0 Å². The third-order valence-electron chi connectivity index (χ3n) is 4.32. The van der Waals surface area contributed by atoms with E-state index in [-0.39, 0.29) is 0 Å². The van der Waals surface area contributed by atoms with Crippen LogP contribution in [0.4, 0.5) is 0 Å². The molecule has 0 aliphatic heterocycles. The third kappa shape index (κ3) is 3.34. The summed E-state index contributed by atoms with van der Waals surface area (Å²) in [4.78, 5) is 11.5. The zero-order valence-corrected chi connectivity index (χ0v) is 13.7. The molecule has 0 spiro atoms. The Morgan fingerprint density at radius 2 is 2.00 bits per heavy atom. The van der Waals surface area contributed by atoms with Crippen LogP contribution in [0.25, 0.3) is 0 Å². The van der Waals surface area contributed by atoms with Crippen molar-refractivity contribution >= 4 is 17.6 Å². The lowest BCUT2D eigenvalue weighted by molar-refractivity contribution is -0.146. The molecular weight excluding hydrogens is 288 g/mol. The molecule has 0 amide bonds. The van der Waals surface area contributed by atoms with Crippen LogP contribution in [-0.2, 0) is 24.1 Å². The average molecular weight is 311 g/mol. The van der Waals surface area contributed by atoms with Gasteiger partial charge in [0.25, 0.3) is 0 Å². The summed E-state index contributed by atoms with van der Waals surface area (Å²) in [5.74, 6) is -0.154. The van der Waals surface area contributed by atoms with Crippen molar-refractivity contribution in [3.05, 3.63) is 27.8 Å². The first-order chi connectivity index (χ1) is 9.86. The molecule has 1 aliphatic rings. The predicted molar refractivity (Wildman–Crippen MR) is 84.4 cm³/mol. The van der Waals surface area contributed by atoms with Crippen LogP contribution in [0.2, 0.25) is 5.02 Å². The van der Waals surface area contributed by atoms with Gasteiger partial charge in [0.1, 0.15) is 5.75 Å². The van der Waals surface area contributed by atoms with Crippen LogP contribution in [0, 0.1) is 5.41 Å². The van der Waals surface area contributed by atoms with Gasteiger partial charge in [-0.05, 0) is 63.1 Å².